The number of urea groups is 1. The molecule has 2 rings (SSSR count). The molecular formula is C17H25F2N3O2. The van der Waals surface area contributed by atoms with Crippen LogP contribution in [0.2, 0.25) is 0 Å². The lowest BCUT2D eigenvalue weighted by Crippen LogP contribution is -2.56. The Bertz CT molecular complexity index is 569. The number of hydrogen-bond donors (Lipinski definition) is 1. The summed E-state index contributed by atoms with van der Waals surface area (Å²) in [6, 6.07) is 5.24. The third-order valence-corrected chi connectivity index (χ3v) is 4.42. The van der Waals surface area contributed by atoms with Gasteiger partial charge in [-0.25, -0.2) is 13.6 Å². The van der Waals surface area contributed by atoms with E-state index in [1.807, 2.05) is 26.0 Å². The number of carbonyl (C=O) groups is 1. The molecule has 1 fully saturated rings. The summed E-state index contributed by atoms with van der Waals surface area (Å²) in [5.74, 6) is 0.670. The van der Waals surface area contributed by atoms with E-state index in [0.717, 1.165) is 12.0 Å². The van der Waals surface area contributed by atoms with Gasteiger partial charge in [-0.15, -0.1) is 0 Å². The van der Waals surface area contributed by atoms with Gasteiger partial charge in [0, 0.05) is 37.4 Å². The zero-order chi connectivity index (χ0) is 17.7. The number of amides is 2. The van der Waals surface area contributed by atoms with E-state index in [2.05, 4.69) is 5.32 Å². The van der Waals surface area contributed by atoms with E-state index >= 15 is 0 Å². The minimum Gasteiger partial charge on any atom is -0.497 e. The lowest BCUT2D eigenvalue weighted by molar-refractivity contribution is 0.0306. The zero-order valence-electron chi connectivity index (χ0n) is 14.4. The number of ether oxygens (including phenoxy) is 1. The Hall–Kier alpha value is -1.89. The highest BCUT2D eigenvalue weighted by molar-refractivity contribution is 5.90. The van der Waals surface area contributed by atoms with Crippen molar-refractivity contribution in [2.24, 2.45) is 0 Å². The Morgan fingerprint density at radius 2 is 2.17 bits per heavy atom. The third kappa shape index (κ3) is 4.56. The zero-order valence-corrected chi connectivity index (χ0v) is 14.4. The summed E-state index contributed by atoms with van der Waals surface area (Å²) in [6.07, 6.45) is -1.62. The van der Waals surface area contributed by atoms with Crippen molar-refractivity contribution >= 4 is 11.7 Å². The predicted molar refractivity (Wildman–Crippen MR) is 90.0 cm³/mol. The van der Waals surface area contributed by atoms with Crippen molar-refractivity contribution in [2.45, 2.75) is 32.7 Å². The number of benzene rings is 1. The quantitative estimate of drug-likeness (QED) is 0.894. The minimum atomic E-state index is -2.35. The van der Waals surface area contributed by atoms with Crippen LogP contribution in [-0.2, 0) is 0 Å². The number of rotatable bonds is 5. The number of aryl methyl sites for hydroxylation is 1. The van der Waals surface area contributed by atoms with Crippen LogP contribution in [0.5, 0.6) is 5.75 Å². The van der Waals surface area contributed by atoms with Gasteiger partial charge >= 0.3 is 6.03 Å². The van der Waals surface area contributed by atoms with Crippen LogP contribution in [0.4, 0.5) is 19.3 Å². The van der Waals surface area contributed by atoms with Crippen molar-refractivity contribution < 1.29 is 18.3 Å². The highest BCUT2D eigenvalue weighted by atomic mass is 19.3. The molecule has 24 heavy (non-hydrogen) atoms. The average molecular weight is 341 g/mol. The highest BCUT2D eigenvalue weighted by Crippen LogP contribution is 2.23. The van der Waals surface area contributed by atoms with Gasteiger partial charge in [-0.05, 0) is 25.0 Å². The summed E-state index contributed by atoms with van der Waals surface area (Å²) in [6.45, 7) is 4.99. The van der Waals surface area contributed by atoms with Gasteiger partial charge in [-0.3, -0.25) is 4.90 Å². The Labute approximate surface area is 141 Å². The Kier molecular flexibility index (Phi) is 6.36. The Balaban J connectivity index is 2.01. The molecule has 1 saturated heterocycles. The second-order valence-corrected chi connectivity index (χ2v) is 6.01. The van der Waals surface area contributed by atoms with Gasteiger partial charge in [0.25, 0.3) is 6.43 Å². The van der Waals surface area contributed by atoms with Crippen LogP contribution in [0.15, 0.2) is 18.2 Å². The smallest absolute Gasteiger partial charge is 0.321 e. The maximum atomic E-state index is 12.6. The molecule has 0 bridgehead atoms. The summed E-state index contributed by atoms with van der Waals surface area (Å²) < 4.78 is 30.5. The molecule has 0 unspecified atom stereocenters. The first-order valence-electron chi connectivity index (χ1n) is 8.17. The molecule has 0 spiro atoms. The van der Waals surface area contributed by atoms with Gasteiger partial charge in [-0.2, -0.15) is 0 Å². The number of halogens is 2. The van der Waals surface area contributed by atoms with Crippen LogP contribution in [0.1, 0.15) is 18.9 Å². The van der Waals surface area contributed by atoms with E-state index in [0.29, 0.717) is 31.1 Å². The first kappa shape index (κ1) is 18.4. The molecule has 7 heteroatoms. The summed E-state index contributed by atoms with van der Waals surface area (Å²) in [7, 11) is 1.57. The van der Waals surface area contributed by atoms with Crippen molar-refractivity contribution in [1.82, 2.24) is 9.80 Å². The molecule has 2 amide bonds. The van der Waals surface area contributed by atoms with Crippen LogP contribution in [-0.4, -0.2) is 61.6 Å². The third-order valence-electron chi connectivity index (χ3n) is 4.42. The molecule has 134 valence electrons. The molecular weight excluding hydrogens is 316 g/mol. The number of anilines is 1. The molecule has 1 N–H and O–H groups in total. The van der Waals surface area contributed by atoms with Gasteiger partial charge < -0.3 is 15.0 Å². The van der Waals surface area contributed by atoms with E-state index in [4.69, 9.17) is 4.74 Å². The largest absolute Gasteiger partial charge is 0.497 e. The number of alkyl halides is 2. The van der Waals surface area contributed by atoms with E-state index in [9.17, 15) is 13.6 Å². The fourth-order valence-electron chi connectivity index (χ4n) is 2.94. The number of nitrogens with one attached hydrogen (secondary N) is 1. The van der Waals surface area contributed by atoms with Gasteiger partial charge in [0.2, 0.25) is 0 Å². The Morgan fingerprint density at radius 3 is 2.79 bits per heavy atom. The number of carbonyl (C=O) groups excluding carboxylic acids is 1. The van der Waals surface area contributed by atoms with Crippen molar-refractivity contribution in [3.63, 3.8) is 0 Å². The second-order valence-electron chi connectivity index (χ2n) is 6.01. The standard InChI is InChI=1S/C17H25F2N3O2/c1-4-13-10-22(8-7-21(13)11-16(18)19)17(23)20-15-9-14(24-3)6-5-12(15)2/h5-6,9,13,16H,4,7-8,10-11H2,1-3H3,(H,20,23)/t13-/m1/s1. The van der Waals surface area contributed by atoms with E-state index in [1.54, 1.807) is 23.0 Å². The van der Waals surface area contributed by atoms with Gasteiger partial charge in [-0.1, -0.05) is 13.0 Å². The molecule has 1 aromatic carbocycles. The van der Waals surface area contributed by atoms with E-state index < -0.39 is 6.43 Å². The van der Waals surface area contributed by atoms with Crippen molar-refractivity contribution in [1.29, 1.82) is 0 Å². The molecule has 1 atom stereocenters. The fourth-order valence-corrected chi connectivity index (χ4v) is 2.94. The first-order chi connectivity index (χ1) is 11.4. The van der Waals surface area contributed by atoms with E-state index in [1.165, 1.54) is 0 Å². The van der Waals surface area contributed by atoms with Crippen LogP contribution < -0.4 is 10.1 Å². The molecule has 1 heterocycles. The predicted octanol–water partition coefficient (Wildman–Crippen LogP) is 3.20. The topological polar surface area (TPSA) is 44.8 Å². The van der Waals surface area contributed by atoms with Crippen molar-refractivity contribution in [2.75, 3.05) is 38.6 Å². The number of piperazine rings is 1. The fraction of sp³-hybridized carbons (Fsp3) is 0.588. The van der Waals surface area contributed by atoms with Crippen LogP contribution in [0.25, 0.3) is 0 Å². The van der Waals surface area contributed by atoms with Crippen LogP contribution in [0.3, 0.4) is 0 Å². The molecule has 1 aliphatic heterocycles. The maximum Gasteiger partial charge on any atom is 0.321 e. The lowest BCUT2D eigenvalue weighted by atomic mass is 10.1. The second kappa shape index (κ2) is 8.28. The molecule has 0 aliphatic carbocycles. The number of methoxy groups -OCH3 is 1. The maximum absolute atomic E-state index is 12.6. The molecule has 0 radical (unpaired) electrons. The van der Waals surface area contributed by atoms with Gasteiger partial charge in [0.1, 0.15) is 5.75 Å². The SMILES string of the molecule is CC[C@@H]1CN(C(=O)Nc2cc(OC)ccc2C)CCN1CC(F)F. The van der Waals surface area contributed by atoms with Crippen LogP contribution >= 0.6 is 0 Å². The average Bonchev–Trinajstić information content (AvgIpc) is 2.56. The minimum absolute atomic E-state index is 0.0371. The van der Waals surface area contributed by atoms with Gasteiger partial charge in [0.15, 0.2) is 0 Å². The Morgan fingerprint density at radius 1 is 1.42 bits per heavy atom. The highest BCUT2D eigenvalue weighted by Gasteiger charge is 2.30. The summed E-state index contributed by atoms with van der Waals surface area (Å²) in [5.41, 5.74) is 1.63. The molecule has 5 nitrogen and oxygen atoms in total. The lowest BCUT2D eigenvalue weighted by Gasteiger charge is -2.41. The van der Waals surface area contributed by atoms with Crippen molar-refractivity contribution in [3.8, 4) is 5.75 Å². The number of nitrogens with zero attached hydrogens (tertiary/aromatic N) is 2. The summed E-state index contributed by atoms with van der Waals surface area (Å²) >= 11 is 0. The summed E-state index contributed by atoms with van der Waals surface area (Å²) in [5, 5.41) is 2.90. The van der Waals surface area contributed by atoms with Crippen LogP contribution in [0, 0.1) is 6.92 Å². The molecule has 0 saturated carbocycles. The van der Waals surface area contributed by atoms with E-state index in [-0.39, 0.29) is 18.6 Å². The van der Waals surface area contributed by atoms with Gasteiger partial charge in [0.05, 0.1) is 13.7 Å². The molecule has 1 aromatic rings. The normalized spacial score (nSPS) is 18.8. The molecule has 1 aliphatic rings. The molecule has 0 aromatic heterocycles. The summed E-state index contributed by atoms with van der Waals surface area (Å²) in [4.78, 5) is 16.0. The van der Waals surface area contributed by atoms with Crippen molar-refractivity contribution in [3.05, 3.63) is 23.8 Å². The number of hydrogen-bond acceptors (Lipinski definition) is 3. The monoisotopic (exact) mass is 341 g/mol. The first-order valence-corrected chi connectivity index (χ1v) is 8.17.